The summed E-state index contributed by atoms with van der Waals surface area (Å²) in [6.45, 7) is 1.12. The van der Waals surface area contributed by atoms with Crippen molar-refractivity contribution in [1.29, 1.82) is 0 Å². The van der Waals surface area contributed by atoms with Crippen LogP contribution < -0.4 is 5.32 Å². The van der Waals surface area contributed by atoms with Gasteiger partial charge in [-0.3, -0.25) is 4.90 Å². The van der Waals surface area contributed by atoms with Gasteiger partial charge in [0, 0.05) is 19.6 Å². The molecule has 11 heavy (non-hydrogen) atoms. The van der Waals surface area contributed by atoms with Gasteiger partial charge in [0.25, 0.3) is 0 Å². The Morgan fingerprint density at radius 3 is 2.45 bits per heavy atom. The first-order chi connectivity index (χ1) is 5.02. The van der Waals surface area contributed by atoms with Crippen LogP contribution in [-0.2, 0) is 0 Å². The van der Waals surface area contributed by atoms with Crippen molar-refractivity contribution in [1.82, 2.24) is 10.2 Å². The molecule has 2 nitrogen and oxygen atoms in total. The molecule has 0 saturated carbocycles. The summed E-state index contributed by atoms with van der Waals surface area (Å²) < 4.78 is 36.3. The first kappa shape index (κ1) is 8.80. The van der Waals surface area contributed by atoms with Crippen molar-refractivity contribution in [3.05, 3.63) is 0 Å². The summed E-state index contributed by atoms with van der Waals surface area (Å²) >= 11 is 0. The number of nitrogens with one attached hydrogen (secondary N) is 1. The molecule has 1 saturated heterocycles. The number of hydrogen-bond donors (Lipinski definition) is 1. The highest BCUT2D eigenvalue weighted by atomic mass is 19.4. The predicted octanol–water partition coefficient (Wildman–Crippen LogP) is 0.452. The molecule has 1 N–H and O–H groups in total. The molecule has 5 heteroatoms. The lowest BCUT2D eigenvalue weighted by atomic mass is 10.2. The van der Waals surface area contributed by atoms with Gasteiger partial charge in [0.2, 0.25) is 0 Å². The molecule has 1 aliphatic rings. The van der Waals surface area contributed by atoms with E-state index >= 15 is 0 Å². The van der Waals surface area contributed by atoms with Crippen LogP contribution in [0.5, 0.6) is 0 Å². The normalized spacial score (nSPS) is 28.9. The number of rotatable bonds is 0. The van der Waals surface area contributed by atoms with E-state index in [1.54, 1.807) is 0 Å². The van der Waals surface area contributed by atoms with Gasteiger partial charge in [-0.25, -0.2) is 0 Å². The van der Waals surface area contributed by atoms with E-state index in [1.165, 1.54) is 11.9 Å². The SMILES string of the molecule is CN1CCNC[C@@H]1C(F)(F)F. The van der Waals surface area contributed by atoms with E-state index < -0.39 is 12.2 Å². The number of halogens is 3. The Morgan fingerprint density at radius 2 is 2.09 bits per heavy atom. The topological polar surface area (TPSA) is 15.3 Å². The maximum Gasteiger partial charge on any atom is 0.405 e. The highest BCUT2D eigenvalue weighted by molar-refractivity contribution is 4.82. The van der Waals surface area contributed by atoms with Crippen LogP contribution in [0, 0.1) is 0 Å². The number of likely N-dealkylation sites (N-methyl/N-ethyl adjacent to an activating group) is 1. The zero-order valence-electron chi connectivity index (χ0n) is 6.28. The standard InChI is InChI=1S/C6H11F3N2/c1-11-3-2-10-4-5(11)6(7,8)9/h5,10H,2-4H2,1H3/t5-/m1/s1. The molecule has 0 aromatic carbocycles. The summed E-state index contributed by atoms with van der Waals surface area (Å²) in [6.07, 6.45) is -4.10. The highest BCUT2D eigenvalue weighted by Gasteiger charge is 2.42. The molecule has 1 fully saturated rings. The molecule has 0 spiro atoms. The molecule has 0 unspecified atom stereocenters. The number of piperazine rings is 1. The average molecular weight is 168 g/mol. The summed E-state index contributed by atoms with van der Waals surface area (Å²) in [7, 11) is 1.50. The minimum absolute atomic E-state index is 0.0139. The lowest BCUT2D eigenvalue weighted by Gasteiger charge is -2.34. The van der Waals surface area contributed by atoms with E-state index in [9.17, 15) is 13.2 Å². The maximum absolute atomic E-state index is 12.1. The second-order valence-electron chi connectivity index (χ2n) is 2.74. The number of alkyl halides is 3. The van der Waals surface area contributed by atoms with Crippen LogP contribution in [0.15, 0.2) is 0 Å². The summed E-state index contributed by atoms with van der Waals surface area (Å²) in [4.78, 5) is 1.33. The number of nitrogens with zero attached hydrogens (tertiary/aromatic N) is 1. The van der Waals surface area contributed by atoms with Crippen molar-refractivity contribution in [2.24, 2.45) is 0 Å². The second-order valence-corrected chi connectivity index (χ2v) is 2.74. The van der Waals surface area contributed by atoms with Crippen molar-refractivity contribution in [2.75, 3.05) is 26.7 Å². The van der Waals surface area contributed by atoms with E-state index in [-0.39, 0.29) is 6.54 Å². The van der Waals surface area contributed by atoms with Crippen LogP contribution in [0.1, 0.15) is 0 Å². The smallest absolute Gasteiger partial charge is 0.314 e. The largest absolute Gasteiger partial charge is 0.405 e. The average Bonchev–Trinajstić information content (AvgIpc) is 1.86. The molecule has 0 radical (unpaired) electrons. The fourth-order valence-corrected chi connectivity index (χ4v) is 1.17. The third-order valence-electron chi connectivity index (χ3n) is 1.89. The minimum Gasteiger partial charge on any atom is -0.314 e. The predicted molar refractivity (Wildman–Crippen MR) is 35.3 cm³/mol. The Kier molecular flexibility index (Phi) is 2.39. The molecule has 66 valence electrons. The third kappa shape index (κ3) is 2.07. The van der Waals surface area contributed by atoms with Crippen LogP contribution in [0.2, 0.25) is 0 Å². The fourth-order valence-electron chi connectivity index (χ4n) is 1.17. The van der Waals surface area contributed by atoms with Crippen molar-refractivity contribution < 1.29 is 13.2 Å². The Labute approximate surface area is 63.4 Å². The first-order valence-electron chi connectivity index (χ1n) is 3.49. The van der Waals surface area contributed by atoms with Crippen LogP contribution in [0.4, 0.5) is 13.2 Å². The second kappa shape index (κ2) is 2.98. The van der Waals surface area contributed by atoms with E-state index in [4.69, 9.17) is 0 Å². The van der Waals surface area contributed by atoms with Gasteiger partial charge in [-0.2, -0.15) is 13.2 Å². The molecule has 0 aromatic rings. The molecule has 0 aliphatic carbocycles. The minimum atomic E-state index is -4.10. The lowest BCUT2D eigenvalue weighted by Crippen LogP contribution is -2.56. The van der Waals surface area contributed by atoms with Gasteiger partial charge in [0.05, 0.1) is 0 Å². The lowest BCUT2D eigenvalue weighted by molar-refractivity contribution is -0.183. The highest BCUT2D eigenvalue weighted by Crippen LogP contribution is 2.24. The van der Waals surface area contributed by atoms with Gasteiger partial charge in [-0.1, -0.05) is 0 Å². The van der Waals surface area contributed by atoms with Crippen LogP contribution in [0.25, 0.3) is 0 Å². The van der Waals surface area contributed by atoms with Crippen molar-refractivity contribution >= 4 is 0 Å². The van der Waals surface area contributed by atoms with Crippen LogP contribution in [0.3, 0.4) is 0 Å². The Morgan fingerprint density at radius 1 is 1.45 bits per heavy atom. The third-order valence-corrected chi connectivity index (χ3v) is 1.89. The maximum atomic E-state index is 12.1. The van der Waals surface area contributed by atoms with Gasteiger partial charge in [-0.05, 0) is 7.05 Å². The molecule has 0 aromatic heterocycles. The Bertz CT molecular complexity index is 134. The van der Waals surface area contributed by atoms with Crippen LogP contribution >= 0.6 is 0 Å². The summed E-state index contributed by atoms with van der Waals surface area (Å²) in [6, 6.07) is -1.31. The zero-order chi connectivity index (χ0) is 8.48. The van der Waals surface area contributed by atoms with E-state index in [0.717, 1.165) is 0 Å². The van der Waals surface area contributed by atoms with E-state index in [1.807, 2.05) is 0 Å². The zero-order valence-corrected chi connectivity index (χ0v) is 6.28. The van der Waals surface area contributed by atoms with Crippen molar-refractivity contribution in [2.45, 2.75) is 12.2 Å². The van der Waals surface area contributed by atoms with Gasteiger partial charge in [0.15, 0.2) is 0 Å². The van der Waals surface area contributed by atoms with Gasteiger partial charge in [-0.15, -0.1) is 0 Å². The van der Waals surface area contributed by atoms with Crippen LogP contribution in [-0.4, -0.2) is 43.8 Å². The summed E-state index contributed by atoms with van der Waals surface area (Å²) in [5.74, 6) is 0. The first-order valence-corrected chi connectivity index (χ1v) is 3.49. The molecule has 1 aliphatic heterocycles. The molecule has 1 heterocycles. The number of hydrogen-bond acceptors (Lipinski definition) is 2. The Balaban J connectivity index is 2.55. The monoisotopic (exact) mass is 168 g/mol. The molecular formula is C6H11F3N2. The van der Waals surface area contributed by atoms with Gasteiger partial charge < -0.3 is 5.32 Å². The van der Waals surface area contributed by atoms with Gasteiger partial charge in [0.1, 0.15) is 6.04 Å². The molecule has 0 amide bonds. The fraction of sp³-hybridized carbons (Fsp3) is 1.00. The Hall–Kier alpha value is -0.290. The van der Waals surface area contributed by atoms with E-state index in [2.05, 4.69) is 5.32 Å². The molecule has 0 bridgehead atoms. The molecular weight excluding hydrogens is 157 g/mol. The molecule has 1 rings (SSSR count). The van der Waals surface area contributed by atoms with Crippen molar-refractivity contribution in [3.8, 4) is 0 Å². The molecule has 1 atom stereocenters. The summed E-state index contributed by atoms with van der Waals surface area (Å²) in [5, 5.41) is 2.71. The quantitative estimate of drug-likeness (QED) is 0.565. The van der Waals surface area contributed by atoms with Gasteiger partial charge >= 0.3 is 6.18 Å². The summed E-state index contributed by atoms with van der Waals surface area (Å²) in [5.41, 5.74) is 0. The van der Waals surface area contributed by atoms with E-state index in [0.29, 0.717) is 13.1 Å². The van der Waals surface area contributed by atoms with Crippen molar-refractivity contribution in [3.63, 3.8) is 0 Å².